The number of amides is 1. The van der Waals surface area contributed by atoms with Crippen LogP contribution in [-0.4, -0.2) is 41.2 Å². The normalized spacial score (nSPS) is 33.0. The largest absolute Gasteiger partial charge is 0.433 e. The molecule has 0 spiro atoms. The van der Waals surface area contributed by atoms with E-state index in [1.165, 1.54) is 6.07 Å². The van der Waals surface area contributed by atoms with E-state index in [4.69, 9.17) is 0 Å². The minimum Gasteiger partial charge on any atom is -0.393 e. The number of aliphatic hydroxyl groups is 1. The second kappa shape index (κ2) is 7.54. The fourth-order valence-corrected chi connectivity index (χ4v) is 5.03. The third-order valence-electron chi connectivity index (χ3n) is 6.60. The van der Waals surface area contributed by atoms with Crippen LogP contribution < -0.4 is 10.2 Å². The second-order valence-electron chi connectivity index (χ2n) is 8.41. The zero-order valence-electron chi connectivity index (χ0n) is 15.7. The van der Waals surface area contributed by atoms with Gasteiger partial charge in [0.25, 0.3) is 0 Å². The Hall–Kier alpha value is -1.83. The predicted octanol–water partition coefficient (Wildman–Crippen LogP) is 2.98. The summed E-state index contributed by atoms with van der Waals surface area (Å²) in [5, 5.41) is 12.8. The Labute approximate surface area is 162 Å². The van der Waals surface area contributed by atoms with Crippen molar-refractivity contribution >= 4 is 11.7 Å². The highest BCUT2D eigenvalue weighted by molar-refractivity contribution is 5.79. The molecule has 1 aromatic rings. The molecule has 3 aliphatic rings. The summed E-state index contributed by atoms with van der Waals surface area (Å²) in [4.78, 5) is 18.3. The van der Waals surface area contributed by atoms with Crippen molar-refractivity contribution in [2.24, 2.45) is 17.8 Å². The maximum absolute atomic E-state index is 12.9. The number of hydrogen-bond acceptors (Lipinski definition) is 4. The molecule has 154 valence electrons. The standard InChI is InChI=1S/C20H26F3N3O2/c21-20(22,23)17-2-1-3-18(25-17)26-10-13-6-9-16(15(13)11-26)24-19(28)12-4-7-14(27)8-5-12/h1-3,12-16,27H,4-11H2,(H,24,28)/t12-,13-,14+,15+,16+/m1/s1. The number of anilines is 1. The van der Waals surface area contributed by atoms with Crippen molar-refractivity contribution in [2.45, 2.75) is 56.8 Å². The molecule has 3 atom stereocenters. The summed E-state index contributed by atoms with van der Waals surface area (Å²) < 4.78 is 38.8. The van der Waals surface area contributed by atoms with E-state index in [2.05, 4.69) is 10.3 Å². The molecule has 1 amide bonds. The highest BCUT2D eigenvalue weighted by Gasteiger charge is 2.44. The van der Waals surface area contributed by atoms with Gasteiger partial charge in [-0.05, 0) is 56.6 Å². The van der Waals surface area contributed by atoms with Crippen LogP contribution in [0.25, 0.3) is 0 Å². The van der Waals surface area contributed by atoms with Crippen LogP contribution >= 0.6 is 0 Å². The molecule has 28 heavy (non-hydrogen) atoms. The number of pyridine rings is 1. The van der Waals surface area contributed by atoms with E-state index in [0.717, 1.165) is 18.9 Å². The van der Waals surface area contributed by atoms with Crippen LogP contribution in [0.5, 0.6) is 0 Å². The maximum atomic E-state index is 12.9. The van der Waals surface area contributed by atoms with Crippen molar-refractivity contribution in [3.8, 4) is 0 Å². The number of carbonyl (C=O) groups excluding carboxylic acids is 1. The van der Waals surface area contributed by atoms with Gasteiger partial charge in [-0.25, -0.2) is 4.98 Å². The number of halogens is 3. The van der Waals surface area contributed by atoms with Crippen LogP contribution in [0.1, 0.15) is 44.2 Å². The average molecular weight is 397 g/mol. The number of hydrogen-bond donors (Lipinski definition) is 2. The van der Waals surface area contributed by atoms with E-state index < -0.39 is 11.9 Å². The van der Waals surface area contributed by atoms with Gasteiger partial charge in [-0.15, -0.1) is 0 Å². The van der Waals surface area contributed by atoms with Crippen LogP contribution in [-0.2, 0) is 11.0 Å². The van der Waals surface area contributed by atoms with E-state index in [0.29, 0.717) is 50.5 Å². The summed E-state index contributed by atoms with van der Waals surface area (Å²) >= 11 is 0. The quantitative estimate of drug-likeness (QED) is 0.823. The summed E-state index contributed by atoms with van der Waals surface area (Å²) in [6, 6.07) is 4.08. The minimum absolute atomic E-state index is 0.0370. The average Bonchev–Trinajstić information content (AvgIpc) is 3.24. The highest BCUT2D eigenvalue weighted by Crippen LogP contribution is 2.40. The first-order valence-corrected chi connectivity index (χ1v) is 10.1. The number of nitrogens with one attached hydrogen (secondary N) is 1. The van der Waals surface area contributed by atoms with Crippen molar-refractivity contribution in [1.29, 1.82) is 0 Å². The minimum atomic E-state index is -4.45. The monoisotopic (exact) mass is 397 g/mol. The molecule has 2 aliphatic carbocycles. The molecule has 2 N–H and O–H groups in total. The van der Waals surface area contributed by atoms with Gasteiger partial charge in [-0.2, -0.15) is 13.2 Å². The summed E-state index contributed by atoms with van der Waals surface area (Å²) in [5.41, 5.74) is -0.869. The Morgan fingerprint density at radius 3 is 2.57 bits per heavy atom. The molecule has 0 unspecified atom stereocenters. The highest BCUT2D eigenvalue weighted by atomic mass is 19.4. The number of carbonyl (C=O) groups is 1. The van der Waals surface area contributed by atoms with Crippen LogP contribution in [0.3, 0.4) is 0 Å². The topological polar surface area (TPSA) is 65.5 Å². The van der Waals surface area contributed by atoms with Crippen LogP contribution in [0.4, 0.5) is 19.0 Å². The van der Waals surface area contributed by atoms with Gasteiger partial charge in [0.15, 0.2) is 0 Å². The van der Waals surface area contributed by atoms with Crippen molar-refractivity contribution in [3.05, 3.63) is 23.9 Å². The molecule has 1 saturated heterocycles. The molecule has 0 radical (unpaired) electrons. The fraction of sp³-hybridized carbons (Fsp3) is 0.700. The van der Waals surface area contributed by atoms with Gasteiger partial charge in [0.1, 0.15) is 11.5 Å². The number of nitrogens with zero attached hydrogens (tertiary/aromatic N) is 2. The van der Waals surface area contributed by atoms with Crippen molar-refractivity contribution in [3.63, 3.8) is 0 Å². The van der Waals surface area contributed by atoms with Gasteiger partial charge in [-0.3, -0.25) is 4.79 Å². The van der Waals surface area contributed by atoms with Crippen LogP contribution in [0, 0.1) is 17.8 Å². The predicted molar refractivity (Wildman–Crippen MR) is 97.6 cm³/mol. The summed E-state index contributed by atoms with van der Waals surface area (Å²) in [7, 11) is 0. The van der Waals surface area contributed by atoms with Crippen LogP contribution in [0.15, 0.2) is 18.2 Å². The Morgan fingerprint density at radius 1 is 1.11 bits per heavy atom. The molecule has 2 heterocycles. The molecular weight excluding hydrogens is 371 g/mol. The van der Waals surface area contributed by atoms with Crippen molar-refractivity contribution < 1.29 is 23.1 Å². The number of rotatable bonds is 3. The summed E-state index contributed by atoms with van der Waals surface area (Å²) in [5.74, 6) is 0.998. The third-order valence-corrected chi connectivity index (χ3v) is 6.60. The molecule has 1 aliphatic heterocycles. The summed E-state index contributed by atoms with van der Waals surface area (Å²) in [6.07, 6.45) is -0.0801. The first-order chi connectivity index (χ1) is 13.3. The molecule has 0 bridgehead atoms. The Bertz CT molecular complexity index is 719. The zero-order chi connectivity index (χ0) is 19.9. The molecule has 0 aromatic carbocycles. The number of alkyl halides is 3. The Kier molecular flexibility index (Phi) is 5.24. The summed E-state index contributed by atoms with van der Waals surface area (Å²) in [6.45, 7) is 1.30. The van der Waals surface area contributed by atoms with E-state index >= 15 is 0 Å². The van der Waals surface area contributed by atoms with Gasteiger partial charge in [0.05, 0.1) is 6.10 Å². The smallest absolute Gasteiger partial charge is 0.393 e. The first kappa shape index (κ1) is 19.5. The number of aromatic nitrogens is 1. The first-order valence-electron chi connectivity index (χ1n) is 10.1. The van der Waals surface area contributed by atoms with Crippen LogP contribution in [0.2, 0.25) is 0 Å². The van der Waals surface area contributed by atoms with E-state index in [-0.39, 0.29) is 29.9 Å². The lowest BCUT2D eigenvalue weighted by Crippen LogP contribution is -2.43. The van der Waals surface area contributed by atoms with E-state index in [9.17, 15) is 23.1 Å². The second-order valence-corrected chi connectivity index (χ2v) is 8.41. The molecule has 5 nitrogen and oxygen atoms in total. The Morgan fingerprint density at radius 2 is 1.86 bits per heavy atom. The van der Waals surface area contributed by atoms with Gasteiger partial charge in [0, 0.05) is 31.0 Å². The van der Waals surface area contributed by atoms with E-state index in [1.54, 1.807) is 6.07 Å². The lowest BCUT2D eigenvalue weighted by molar-refractivity contribution is -0.141. The van der Waals surface area contributed by atoms with Gasteiger partial charge >= 0.3 is 6.18 Å². The van der Waals surface area contributed by atoms with Gasteiger partial charge in [0.2, 0.25) is 5.91 Å². The van der Waals surface area contributed by atoms with Gasteiger partial charge in [-0.1, -0.05) is 6.07 Å². The molecule has 2 saturated carbocycles. The number of fused-ring (bicyclic) bond motifs is 1. The maximum Gasteiger partial charge on any atom is 0.433 e. The van der Waals surface area contributed by atoms with Crippen molar-refractivity contribution in [2.75, 3.05) is 18.0 Å². The molecule has 4 rings (SSSR count). The fourth-order valence-electron chi connectivity index (χ4n) is 5.03. The molecule has 8 heteroatoms. The molecular formula is C20H26F3N3O2. The third kappa shape index (κ3) is 3.97. The van der Waals surface area contributed by atoms with E-state index in [1.807, 2.05) is 4.90 Å². The lowest BCUT2D eigenvalue weighted by Gasteiger charge is -2.28. The zero-order valence-corrected chi connectivity index (χ0v) is 15.7. The SMILES string of the molecule is O=C(N[C@H]1CC[C@@H]2CN(c3cccc(C(F)(F)F)n3)C[C@@H]21)[C@H]1CC[C@@H](O)CC1. The Balaban J connectivity index is 1.38. The molecule has 3 fully saturated rings. The van der Waals surface area contributed by atoms with Crippen molar-refractivity contribution in [1.82, 2.24) is 10.3 Å². The van der Waals surface area contributed by atoms with Gasteiger partial charge < -0.3 is 15.3 Å². The molecule has 1 aromatic heterocycles. The number of aliphatic hydroxyl groups excluding tert-OH is 1. The lowest BCUT2D eigenvalue weighted by atomic mass is 9.86.